The summed E-state index contributed by atoms with van der Waals surface area (Å²) in [5.74, 6) is -2.61. The molecule has 0 aliphatic heterocycles. The highest BCUT2D eigenvalue weighted by Gasteiger charge is 2.12. The number of nitrogens with one attached hydrogen (secondary N) is 1. The molecule has 140 valence electrons. The lowest BCUT2D eigenvalue weighted by atomic mass is 10.1. The SMILES string of the molecule is Cc1ccc(CO)cc1Nc1nc(=O)c(F)cn1Cc1cc(F)cc(F)c1. The molecule has 5 nitrogen and oxygen atoms in total. The summed E-state index contributed by atoms with van der Waals surface area (Å²) in [6.45, 7) is 1.51. The van der Waals surface area contributed by atoms with Crippen LogP contribution >= 0.6 is 0 Å². The van der Waals surface area contributed by atoms with Crippen molar-refractivity contribution in [1.29, 1.82) is 0 Å². The van der Waals surface area contributed by atoms with E-state index >= 15 is 0 Å². The van der Waals surface area contributed by atoms with Gasteiger partial charge in [0, 0.05) is 18.0 Å². The van der Waals surface area contributed by atoms with Gasteiger partial charge in [-0.25, -0.2) is 8.78 Å². The minimum Gasteiger partial charge on any atom is -0.392 e. The molecule has 27 heavy (non-hydrogen) atoms. The highest BCUT2D eigenvalue weighted by molar-refractivity contribution is 5.59. The van der Waals surface area contributed by atoms with E-state index in [9.17, 15) is 23.1 Å². The van der Waals surface area contributed by atoms with E-state index in [1.807, 2.05) is 0 Å². The molecule has 0 aliphatic carbocycles. The molecule has 2 aromatic carbocycles. The number of aliphatic hydroxyl groups excluding tert-OH is 1. The quantitative estimate of drug-likeness (QED) is 0.718. The van der Waals surface area contributed by atoms with Gasteiger partial charge in [-0.15, -0.1) is 0 Å². The number of benzene rings is 2. The molecule has 0 aliphatic rings. The Morgan fingerprint density at radius 3 is 2.44 bits per heavy atom. The zero-order chi connectivity index (χ0) is 19.6. The predicted octanol–water partition coefficient (Wildman–Crippen LogP) is 3.25. The average molecular weight is 375 g/mol. The second-order valence-electron chi connectivity index (χ2n) is 6.06. The number of aliphatic hydroxyl groups is 1. The first kappa shape index (κ1) is 18.7. The van der Waals surface area contributed by atoms with E-state index in [2.05, 4.69) is 10.3 Å². The van der Waals surface area contributed by atoms with Crippen molar-refractivity contribution >= 4 is 11.6 Å². The third kappa shape index (κ3) is 4.35. The maximum Gasteiger partial charge on any atom is 0.310 e. The van der Waals surface area contributed by atoms with Crippen LogP contribution in [0.25, 0.3) is 0 Å². The number of rotatable bonds is 5. The molecule has 0 atom stereocenters. The van der Waals surface area contributed by atoms with Crippen LogP contribution in [0.15, 0.2) is 47.4 Å². The van der Waals surface area contributed by atoms with Crippen LogP contribution in [0, 0.1) is 24.4 Å². The fourth-order valence-electron chi connectivity index (χ4n) is 2.61. The van der Waals surface area contributed by atoms with Crippen LogP contribution in [-0.2, 0) is 13.2 Å². The average Bonchev–Trinajstić information content (AvgIpc) is 2.60. The molecule has 3 aromatic rings. The Morgan fingerprint density at radius 2 is 1.78 bits per heavy atom. The summed E-state index contributed by atoms with van der Waals surface area (Å²) in [6.07, 6.45) is 0.922. The molecular formula is C19H16F3N3O2. The fourth-order valence-corrected chi connectivity index (χ4v) is 2.61. The summed E-state index contributed by atoms with van der Waals surface area (Å²) < 4.78 is 41.9. The first-order valence-corrected chi connectivity index (χ1v) is 8.05. The Labute approximate surface area is 152 Å². The summed E-state index contributed by atoms with van der Waals surface area (Å²) in [5, 5.41) is 12.2. The minimum atomic E-state index is -1.08. The molecule has 2 N–H and O–H groups in total. The second kappa shape index (κ2) is 7.63. The summed E-state index contributed by atoms with van der Waals surface area (Å²) in [4.78, 5) is 15.3. The zero-order valence-electron chi connectivity index (χ0n) is 14.3. The minimum absolute atomic E-state index is 0.00394. The van der Waals surface area contributed by atoms with Gasteiger partial charge in [-0.3, -0.25) is 4.79 Å². The van der Waals surface area contributed by atoms with Crippen LogP contribution in [0.4, 0.5) is 24.8 Å². The summed E-state index contributed by atoms with van der Waals surface area (Å²) in [7, 11) is 0. The van der Waals surface area contributed by atoms with E-state index in [1.54, 1.807) is 25.1 Å². The van der Waals surface area contributed by atoms with E-state index < -0.39 is 23.0 Å². The Hall–Kier alpha value is -3.13. The first-order valence-electron chi connectivity index (χ1n) is 8.05. The van der Waals surface area contributed by atoms with Gasteiger partial charge in [-0.1, -0.05) is 12.1 Å². The van der Waals surface area contributed by atoms with Crippen LogP contribution < -0.4 is 10.9 Å². The molecule has 0 unspecified atom stereocenters. The lowest BCUT2D eigenvalue weighted by molar-refractivity contribution is 0.282. The van der Waals surface area contributed by atoms with Crippen LogP contribution in [0.2, 0.25) is 0 Å². The van der Waals surface area contributed by atoms with Crippen molar-refractivity contribution in [3.8, 4) is 0 Å². The zero-order valence-corrected chi connectivity index (χ0v) is 14.3. The molecule has 0 spiro atoms. The molecule has 3 rings (SSSR count). The van der Waals surface area contributed by atoms with E-state index in [0.29, 0.717) is 11.3 Å². The third-order valence-corrected chi connectivity index (χ3v) is 3.96. The van der Waals surface area contributed by atoms with E-state index in [-0.39, 0.29) is 24.7 Å². The lowest BCUT2D eigenvalue weighted by Crippen LogP contribution is -2.20. The molecular weight excluding hydrogens is 359 g/mol. The van der Waals surface area contributed by atoms with Crippen molar-refractivity contribution in [2.24, 2.45) is 0 Å². The Morgan fingerprint density at radius 1 is 1.07 bits per heavy atom. The van der Waals surface area contributed by atoms with E-state index in [0.717, 1.165) is 30.0 Å². The van der Waals surface area contributed by atoms with Gasteiger partial charge in [-0.05, 0) is 41.8 Å². The van der Waals surface area contributed by atoms with E-state index in [4.69, 9.17) is 0 Å². The van der Waals surface area contributed by atoms with Gasteiger partial charge in [0.15, 0.2) is 0 Å². The topological polar surface area (TPSA) is 67.2 Å². The fraction of sp³-hybridized carbons (Fsp3) is 0.158. The van der Waals surface area contributed by atoms with Crippen LogP contribution in [-0.4, -0.2) is 14.7 Å². The molecule has 8 heteroatoms. The van der Waals surface area contributed by atoms with Gasteiger partial charge in [0.2, 0.25) is 11.8 Å². The standard InChI is InChI=1S/C19H16F3N3O2/c1-11-2-3-12(10-26)6-17(11)23-19-24-18(27)16(22)9-25(19)8-13-4-14(20)7-15(21)5-13/h2-7,9,26H,8,10H2,1H3,(H,23,24,27). The van der Waals surface area contributed by atoms with Gasteiger partial charge < -0.3 is 15.0 Å². The van der Waals surface area contributed by atoms with Crippen LogP contribution in [0.3, 0.4) is 0 Å². The maximum atomic E-state index is 13.8. The van der Waals surface area contributed by atoms with Crippen molar-refractivity contribution in [2.45, 2.75) is 20.1 Å². The predicted molar refractivity (Wildman–Crippen MR) is 94.3 cm³/mol. The number of nitrogens with zero attached hydrogens (tertiary/aromatic N) is 2. The summed E-state index contributed by atoms with van der Waals surface area (Å²) in [5.41, 5.74) is 1.16. The smallest absolute Gasteiger partial charge is 0.310 e. The number of aromatic nitrogens is 2. The van der Waals surface area contributed by atoms with Gasteiger partial charge in [-0.2, -0.15) is 9.37 Å². The van der Waals surface area contributed by atoms with Gasteiger partial charge in [0.1, 0.15) is 11.6 Å². The van der Waals surface area contributed by atoms with Crippen molar-refractivity contribution in [3.05, 3.63) is 87.1 Å². The number of hydrogen-bond donors (Lipinski definition) is 2. The Kier molecular flexibility index (Phi) is 5.27. The molecule has 0 bridgehead atoms. The molecule has 0 amide bonds. The van der Waals surface area contributed by atoms with Crippen LogP contribution in [0.5, 0.6) is 0 Å². The van der Waals surface area contributed by atoms with Crippen molar-refractivity contribution in [1.82, 2.24) is 9.55 Å². The normalized spacial score (nSPS) is 10.9. The summed E-state index contributed by atoms with van der Waals surface area (Å²) in [6, 6.07) is 8.12. The van der Waals surface area contributed by atoms with Crippen molar-refractivity contribution < 1.29 is 18.3 Å². The highest BCUT2D eigenvalue weighted by Crippen LogP contribution is 2.21. The molecule has 1 aromatic heterocycles. The molecule has 0 radical (unpaired) electrons. The Balaban J connectivity index is 2.02. The summed E-state index contributed by atoms with van der Waals surface area (Å²) >= 11 is 0. The monoisotopic (exact) mass is 375 g/mol. The van der Waals surface area contributed by atoms with Gasteiger partial charge >= 0.3 is 5.56 Å². The second-order valence-corrected chi connectivity index (χ2v) is 6.06. The molecule has 0 fully saturated rings. The first-order chi connectivity index (χ1) is 12.9. The molecule has 1 heterocycles. The molecule has 0 saturated heterocycles. The number of hydrogen-bond acceptors (Lipinski definition) is 4. The number of anilines is 2. The van der Waals surface area contributed by atoms with Gasteiger partial charge in [0.05, 0.1) is 13.2 Å². The van der Waals surface area contributed by atoms with Gasteiger partial charge in [0.25, 0.3) is 0 Å². The molecule has 0 saturated carbocycles. The number of aryl methyl sites for hydroxylation is 1. The third-order valence-electron chi connectivity index (χ3n) is 3.96. The highest BCUT2D eigenvalue weighted by atomic mass is 19.1. The lowest BCUT2D eigenvalue weighted by Gasteiger charge is -2.16. The maximum absolute atomic E-state index is 13.8. The largest absolute Gasteiger partial charge is 0.392 e. The van der Waals surface area contributed by atoms with Crippen LogP contribution in [0.1, 0.15) is 16.7 Å². The van der Waals surface area contributed by atoms with Crippen molar-refractivity contribution in [2.75, 3.05) is 5.32 Å². The number of halogens is 3. The van der Waals surface area contributed by atoms with E-state index in [1.165, 1.54) is 4.57 Å². The Bertz CT molecular complexity index is 1030. The van der Waals surface area contributed by atoms with Crippen molar-refractivity contribution in [3.63, 3.8) is 0 Å².